The Morgan fingerprint density at radius 1 is 1.30 bits per heavy atom. The van der Waals surface area contributed by atoms with Gasteiger partial charge in [0.15, 0.2) is 0 Å². The minimum absolute atomic E-state index is 0. The molecule has 3 heterocycles. The smallest absolute Gasteiger partial charge is 0.316 e. The summed E-state index contributed by atoms with van der Waals surface area (Å²) in [5, 5.41) is 9.56. The number of hydrogen-bond donors (Lipinski definition) is 1. The Balaban J connectivity index is 0.00000156. The number of fused-ring (bicyclic) bond motifs is 5. The molecule has 0 radical (unpaired) electrons. The van der Waals surface area contributed by atoms with Crippen LogP contribution in [0.5, 0.6) is 0 Å². The summed E-state index contributed by atoms with van der Waals surface area (Å²) < 4.78 is 11.4. The lowest BCUT2D eigenvalue weighted by Gasteiger charge is -2.38. The second-order valence-electron chi connectivity index (χ2n) is 6.54. The zero-order valence-corrected chi connectivity index (χ0v) is 15.3. The van der Waals surface area contributed by atoms with Crippen LogP contribution in [-0.2, 0) is 14.3 Å². The third-order valence-corrected chi connectivity index (χ3v) is 5.33. The van der Waals surface area contributed by atoms with E-state index in [4.69, 9.17) is 9.47 Å². The molecule has 0 saturated carbocycles. The van der Waals surface area contributed by atoms with E-state index in [9.17, 15) is 9.90 Å². The third-order valence-electron chi connectivity index (χ3n) is 5.33. The molecule has 6 atom stereocenters. The van der Waals surface area contributed by atoms with E-state index in [0.717, 1.165) is 18.4 Å². The predicted octanol–water partition coefficient (Wildman–Crippen LogP) is 1.54. The van der Waals surface area contributed by atoms with Gasteiger partial charge < -0.3 is 14.6 Å². The lowest BCUT2D eigenvalue weighted by atomic mass is 9.97. The van der Waals surface area contributed by atoms with E-state index in [1.54, 1.807) is 0 Å². The number of halogens is 1. The van der Waals surface area contributed by atoms with Gasteiger partial charge in [0.1, 0.15) is 24.2 Å². The van der Waals surface area contributed by atoms with Crippen molar-refractivity contribution in [2.45, 2.75) is 49.2 Å². The number of aliphatic hydroxyl groups is 1. The molecule has 3 aliphatic rings. The molecule has 0 aromatic heterocycles. The van der Waals surface area contributed by atoms with Crippen molar-refractivity contribution in [3.63, 3.8) is 0 Å². The van der Waals surface area contributed by atoms with Gasteiger partial charge >= 0.3 is 5.97 Å². The number of piperidine rings is 1. The van der Waals surface area contributed by atoms with Crippen molar-refractivity contribution in [2.24, 2.45) is 0 Å². The molecule has 3 fully saturated rings. The molecule has 0 aliphatic carbocycles. The van der Waals surface area contributed by atoms with E-state index in [1.807, 2.05) is 30.3 Å². The molecule has 126 valence electrons. The summed E-state index contributed by atoms with van der Waals surface area (Å²) in [6.45, 7) is -0.226. The van der Waals surface area contributed by atoms with E-state index >= 15 is 0 Å². The van der Waals surface area contributed by atoms with E-state index in [0.29, 0.717) is 24.3 Å². The first-order valence-corrected chi connectivity index (χ1v) is 7.92. The Bertz CT molecular complexity index is 551. The van der Waals surface area contributed by atoms with Gasteiger partial charge in [0.25, 0.3) is 0 Å². The lowest BCUT2D eigenvalue weighted by Crippen LogP contribution is -2.48. The van der Waals surface area contributed by atoms with Crippen LogP contribution < -0.4 is 0 Å². The molecule has 3 aliphatic heterocycles. The summed E-state index contributed by atoms with van der Waals surface area (Å²) in [4.78, 5) is 14.8. The number of epoxide rings is 1. The van der Waals surface area contributed by atoms with Crippen molar-refractivity contribution in [1.29, 1.82) is 0 Å². The van der Waals surface area contributed by atoms with Crippen LogP contribution in [0.15, 0.2) is 30.3 Å². The third kappa shape index (κ3) is 3.01. The van der Waals surface area contributed by atoms with Crippen LogP contribution in [0.4, 0.5) is 0 Å². The second kappa shape index (κ2) is 6.66. The molecule has 5 nitrogen and oxygen atoms in total. The van der Waals surface area contributed by atoms with E-state index in [2.05, 4.69) is 11.9 Å². The number of benzene rings is 1. The van der Waals surface area contributed by atoms with Crippen LogP contribution in [-0.4, -0.2) is 60.0 Å². The Morgan fingerprint density at radius 3 is 2.48 bits per heavy atom. The van der Waals surface area contributed by atoms with Gasteiger partial charge in [-0.05, 0) is 12.6 Å². The minimum Gasteiger partial charge on any atom is -0.462 e. The number of esters is 1. The molecular weight excluding hydrogens is 409 g/mol. The second-order valence-corrected chi connectivity index (χ2v) is 6.54. The molecule has 2 bridgehead atoms. The van der Waals surface area contributed by atoms with Crippen LogP contribution in [0.3, 0.4) is 0 Å². The zero-order valence-electron chi connectivity index (χ0n) is 13.0. The van der Waals surface area contributed by atoms with Gasteiger partial charge in [0.2, 0.25) is 0 Å². The highest BCUT2D eigenvalue weighted by molar-refractivity contribution is 14.0. The van der Waals surface area contributed by atoms with Gasteiger partial charge in [-0.15, -0.1) is 24.0 Å². The normalized spacial score (nSPS) is 35.8. The highest BCUT2D eigenvalue weighted by Gasteiger charge is 2.62. The van der Waals surface area contributed by atoms with Crippen molar-refractivity contribution in [2.75, 3.05) is 13.7 Å². The maximum atomic E-state index is 12.4. The molecule has 23 heavy (non-hydrogen) atoms. The number of morpholine rings is 1. The number of nitrogens with zero attached hydrogens (tertiary/aromatic N) is 1. The van der Waals surface area contributed by atoms with Gasteiger partial charge in [-0.25, -0.2) is 0 Å². The van der Waals surface area contributed by atoms with Crippen LogP contribution in [0, 0.1) is 0 Å². The first kappa shape index (κ1) is 17.1. The molecule has 0 unspecified atom stereocenters. The number of carbonyl (C=O) groups is 1. The SMILES string of the molecule is CN1[C@@H]2C[C@@H](OC(=O)[C@H](CO)c3ccccc3)C[C@H]1[C@@H]1O[C@@H]12.I. The van der Waals surface area contributed by atoms with Gasteiger partial charge in [-0.2, -0.15) is 0 Å². The van der Waals surface area contributed by atoms with Crippen molar-refractivity contribution in [1.82, 2.24) is 4.90 Å². The molecule has 1 aromatic carbocycles. The molecule has 0 amide bonds. The predicted molar refractivity (Wildman–Crippen MR) is 94.8 cm³/mol. The number of aliphatic hydroxyl groups excluding tert-OH is 1. The summed E-state index contributed by atoms with van der Waals surface area (Å²) in [5.74, 6) is -0.915. The van der Waals surface area contributed by atoms with Crippen LogP contribution >= 0.6 is 24.0 Å². The number of hydrogen-bond acceptors (Lipinski definition) is 5. The summed E-state index contributed by atoms with van der Waals surface area (Å²) in [5.41, 5.74) is 0.803. The average Bonchev–Trinajstić information content (AvgIpc) is 3.27. The Hall–Kier alpha value is -0.700. The first-order chi connectivity index (χ1) is 10.7. The molecule has 1 aromatic rings. The fraction of sp³-hybridized carbons (Fsp3) is 0.588. The van der Waals surface area contributed by atoms with Crippen molar-refractivity contribution < 1.29 is 19.4 Å². The van der Waals surface area contributed by atoms with Crippen molar-refractivity contribution in [3.8, 4) is 0 Å². The highest BCUT2D eigenvalue weighted by atomic mass is 127. The first-order valence-electron chi connectivity index (χ1n) is 7.92. The summed E-state index contributed by atoms with van der Waals surface area (Å²) in [6.07, 6.45) is 2.26. The van der Waals surface area contributed by atoms with Gasteiger partial charge in [-0.3, -0.25) is 9.69 Å². The van der Waals surface area contributed by atoms with Crippen LogP contribution in [0.25, 0.3) is 0 Å². The average molecular weight is 431 g/mol. The molecule has 3 saturated heterocycles. The molecule has 6 heteroatoms. The van der Waals surface area contributed by atoms with E-state index in [1.165, 1.54) is 0 Å². The zero-order chi connectivity index (χ0) is 15.3. The maximum absolute atomic E-state index is 12.4. The standard InChI is InChI=1S/C17H21NO4.HI/c1-18-13-7-11(8-14(18)16-15(13)22-16)21-17(20)12(9-19)10-5-3-2-4-6-10;/h2-6,11-16,19H,7-9H2,1H3;1H/t11-,12-,13-,14+,15-,16+;/m1./s1. The number of ether oxygens (including phenoxy) is 2. The van der Waals surface area contributed by atoms with Gasteiger partial charge in [-0.1, -0.05) is 30.3 Å². The van der Waals surface area contributed by atoms with Crippen LogP contribution in [0.2, 0.25) is 0 Å². The highest BCUT2D eigenvalue weighted by Crippen LogP contribution is 2.48. The van der Waals surface area contributed by atoms with Gasteiger partial charge in [0, 0.05) is 24.9 Å². The summed E-state index contributed by atoms with van der Waals surface area (Å²) in [6, 6.07) is 10.1. The molecular formula is C17H22INO4. The summed E-state index contributed by atoms with van der Waals surface area (Å²) >= 11 is 0. The largest absolute Gasteiger partial charge is 0.462 e. The number of rotatable bonds is 4. The Morgan fingerprint density at radius 2 is 1.91 bits per heavy atom. The monoisotopic (exact) mass is 431 g/mol. The number of likely N-dealkylation sites (N-methyl/N-ethyl adjacent to an activating group) is 1. The summed E-state index contributed by atoms with van der Waals surface area (Å²) in [7, 11) is 2.13. The van der Waals surface area contributed by atoms with E-state index in [-0.39, 0.29) is 42.7 Å². The van der Waals surface area contributed by atoms with Crippen molar-refractivity contribution >= 4 is 29.9 Å². The van der Waals surface area contributed by atoms with Crippen molar-refractivity contribution in [3.05, 3.63) is 35.9 Å². The lowest BCUT2D eigenvalue weighted by molar-refractivity contribution is -0.156. The quantitative estimate of drug-likeness (QED) is 0.445. The Labute approximate surface area is 153 Å². The van der Waals surface area contributed by atoms with Crippen LogP contribution in [0.1, 0.15) is 24.3 Å². The minimum atomic E-state index is -0.593. The topological polar surface area (TPSA) is 62.3 Å². The molecule has 1 N–H and O–H groups in total. The fourth-order valence-corrected chi connectivity index (χ4v) is 4.04. The number of carbonyl (C=O) groups excluding carboxylic acids is 1. The molecule has 0 spiro atoms. The van der Waals surface area contributed by atoms with E-state index < -0.39 is 5.92 Å². The van der Waals surface area contributed by atoms with Gasteiger partial charge in [0.05, 0.1) is 6.61 Å². The Kier molecular flexibility index (Phi) is 4.96. The fourth-order valence-electron chi connectivity index (χ4n) is 4.04. The maximum Gasteiger partial charge on any atom is 0.316 e. The molecule has 4 rings (SSSR count).